The molecule has 1 aromatic carbocycles. The second-order valence-electron chi connectivity index (χ2n) is 3.20. The van der Waals surface area contributed by atoms with E-state index in [2.05, 4.69) is 0 Å². The molecule has 7 heteroatoms. The zero-order valence-electron chi connectivity index (χ0n) is 8.86. The molecule has 0 aliphatic carbocycles. The number of carbonyl (C=O) groups is 2. The lowest BCUT2D eigenvalue weighted by Gasteiger charge is -2.12. The molecule has 1 aromatic rings. The van der Waals surface area contributed by atoms with Crippen LogP contribution in [-0.4, -0.2) is 17.0 Å². The number of alkyl halides is 3. The van der Waals surface area contributed by atoms with Crippen LogP contribution in [0.2, 0.25) is 0 Å². The minimum Gasteiger partial charge on any atom is -0.478 e. The second-order valence-corrected chi connectivity index (χ2v) is 3.20. The maximum absolute atomic E-state index is 12.5. The van der Waals surface area contributed by atoms with Gasteiger partial charge in [-0.2, -0.15) is 13.2 Å². The zero-order chi connectivity index (χ0) is 13.8. The quantitative estimate of drug-likeness (QED) is 0.818. The third-order valence-corrected chi connectivity index (χ3v) is 1.87. The summed E-state index contributed by atoms with van der Waals surface area (Å²) in [6.07, 6.45) is -3.43. The number of halogens is 3. The van der Waals surface area contributed by atoms with E-state index in [-0.39, 0.29) is 0 Å². The zero-order valence-corrected chi connectivity index (χ0v) is 8.86. The number of nitrogens with one attached hydrogen (secondary N) is 1. The largest absolute Gasteiger partial charge is 0.478 e. The number of hydrogen-bond donors (Lipinski definition) is 2. The van der Waals surface area contributed by atoms with E-state index in [1.807, 2.05) is 5.32 Å². The highest BCUT2D eigenvalue weighted by Crippen LogP contribution is 2.34. The number of amides is 1. The Balaban J connectivity index is 2.92. The summed E-state index contributed by atoms with van der Waals surface area (Å²) < 4.78 is 37.6. The fourth-order valence-electron chi connectivity index (χ4n) is 1.16. The highest BCUT2D eigenvalue weighted by Gasteiger charge is 2.33. The van der Waals surface area contributed by atoms with E-state index in [1.54, 1.807) is 0 Å². The van der Waals surface area contributed by atoms with Gasteiger partial charge in [0, 0.05) is 12.2 Å². The van der Waals surface area contributed by atoms with Crippen molar-refractivity contribution in [1.82, 2.24) is 0 Å². The van der Waals surface area contributed by atoms with Gasteiger partial charge in [0.15, 0.2) is 0 Å². The van der Waals surface area contributed by atoms with Crippen molar-refractivity contribution in [2.45, 2.75) is 6.18 Å². The van der Waals surface area contributed by atoms with Crippen LogP contribution in [0, 0.1) is 0 Å². The fourth-order valence-corrected chi connectivity index (χ4v) is 1.16. The molecule has 0 fully saturated rings. The van der Waals surface area contributed by atoms with E-state index in [4.69, 9.17) is 5.11 Å². The van der Waals surface area contributed by atoms with Crippen LogP contribution < -0.4 is 5.32 Å². The number of anilines is 1. The van der Waals surface area contributed by atoms with Crippen molar-refractivity contribution >= 4 is 17.6 Å². The monoisotopic (exact) mass is 259 g/mol. The summed E-state index contributed by atoms with van der Waals surface area (Å²) in [6.45, 7) is 0. The molecule has 0 heterocycles. The minimum atomic E-state index is -4.60. The van der Waals surface area contributed by atoms with Gasteiger partial charge in [-0.15, -0.1) is 0 Å². The average Bonchev–Trinajstić information content (AvgIpc) is 2.25. The van der Waals surface area contributed by atoms with Gasteiger partial charge < -0.3 is 10.4 Å². The van der Waals surface area contributed by atoms with Gasteiger partial charge in [-0.05, 0) is 12.1 Å². The van der Waals surface area contributed by atoms with Gasteiger partial charge in [0.1, 0.15) is 0 Å². The first-order chi connectivity index (χ1) is 8.30. The first-order valence-electron chi connectivity index (χ1n) is 4.69. The van der Waals surface area contributed by atoms with Crippen molar-refractivity contribution in [3.8, 4) is 0 Å². The lowest BCUT2D eigenvalue weighted by Crippen LogP contribution is -2.14. The SMILES string of the molecule is O=C(O)/C=C\C(=O)Nc1ccccc1C(F)(F)F. The molecular formula is C11H8F3NO3. The van der Waals surface area contributed by atoms with Gasteiger partial charge in [0.05, 0.1) is 11.3 Å². The summed E-state index contributed by atoms with van der Waals surface area (Å²) in [5.41, 5.74) is -1.42. The van der Waals surface area contributed by atoms with Gasteiger partial charge in [-0.25, -0.2) is 4.79 Å². The van der Waals surface area contributed by atoms with Crippen molar-refractivity contribution < 1.29 is 27.9 Å². The Bertz CT molecular complexity index is 495. The normalized spacial score (nSPS) is 11.5. The molecule has 0 saturated heterocycles. The van der Waals surface area contributed by atoms with Gasteiger partial charge in [-0.3, -0.25) is 4.79 Å². The van der Waals surface area contributed by atoms with Gasteiger partial charge in [-0.1, -0.05) is 12.1 Å². The predicted octanol–water partition coefficient (Wildman–Crippen LogP) is 2.28. The number of carbonyl (C=O) groups excluding carboxylic acids is 1. The smallest absolute Gasteiger partial charge is 0.418 e. The average molecular weight is 259 g/mol. The third kappa shape index (κ3) is 3.93. The van der Waals surface area contributed by atoms with Crippen molar-refractivity contribution in [2.75, 3.05) is 5.32 Å². The van der Waals surface area contributed by atoms with Crippen LogP contribution in [0.3, 0.4) is 0 Å². The van der Waals surface area contributed by atoms with E-state index < -0.39 is 29.3 Å². The molecule has 0 atom stereocenters. The summed E-state index contributed by atoms with van der Waals surface area (Å²) in [7, 11) is 0. The van der Waals surface area contributed by atoms with Crippen molar-refractivity contribution in [3.63, 3.8) is 0 Å². The Morgan fingerprint density at radius 3 is 2.33 bits per heavy atom. The molecule has 0 saturated carbocycles. The van der Waals surface area contributed by atoms with Crippen LogP contribution in [0.1, 0.15) is 5.56 Å². The van der Waals surface area contributed by atoms with Crippen LogP contribution >= 0.6 is 0 Å². The molecule has 2 N–H and O–H groups in total. The topological polar surface area (TPSA) is 66.4 Å². The Morgan fingerprint density at radius 2 is 1.78 bits per heavy atom. The number of aliphatic carboxylic acids is 1. The van der Waals surface area contributed by atoms with E-state index in [9.17, 15) is 22.8 Å². The second kappa shape index (κ2) is 5.35. The molecular weight excluding hydrogens is 251 g/mol. The number of carboxylic acids is 1. The minimum absolute atomic E-state index is 0.426. The molecule has 96 valence electrons. The van der Waals surface area contributed by atoms with Crippen LogP contribution in [-0.2, 0) is 15.8 Å². The van der Waals surface area contributed by atoms with Crippen molar-refractivity contribution in [2.24, 2.45) is 0 Å². The van der Waals surface area contributed by atoms with Gasteiger partial charge >= 0.3 is 12.1 Å². The van der Waals surface area contributed by atoms with Crippen LogP contribution in [0.4, 0.5) is 18.9 Å². The molecule has 18 heavy (non-hydrogen) atoms. The number of para-hydroxylation sites is 1. The molecule has 0 radical (unpaired) electrons. The summed E-state index contributed by atoms with van der Waals surface area (Å²) in [6, 6.07) is 4.41. The maximum atomic E-state index is 12.5. The first-order valence-corrected chi connectivity index (χ1v) is 4.69. The van der Waals surface area contributed by atoms with E-state index in [0.29, 0.717) is 12.2 Å². The van der Waals surface area contributed by atoms with Crippen molar-refractivity contribution in [1.29, 1.82) is 0 Å². The molecule has 0 unspecified atom stereocenters. The van der Waals surface area contributed by atoms with Crippen LogP contribution in [0.15, 0.2) is 36.4 Å². The van der Waals surface area contributed by atoms with Crippen LogP contribution in [0.5, 0.6) is 0 Å². The number of benzene rings is 1. The molecule has 1 rings (SSSR count). The molecule has 0 aliphatic heterocycles. The number of rotatable bonds is 3. The van der Waals surface area contributed by atoms with E-state index in [1.165, 1.54) is 12.1 Å². The highest BCUT2D eigenvalue weighted by atomic mass is 19.4. The summed E-state index contributed by atoms with van der Waals surface area (Å²) in [5.74, 6) is -2.32. The Kier molecular flexibility index (Phi) is 4.09. The molecule has 1 amide bonds. The lowest BCUT2D eigenvalue weighted by atomic mass is 10.1. The molecule has 0 aromatic heterocycles. The van der Waals surface area contributed by atoms with E-state index in [0.717, 1.165) is 12.1 Å². The fraction of sp³-hybridized carbons (Fsp3) is 0.0909. The first kappa shape index (κ1) is 13.8. The summed E-state index contributed by atoms with van der Waals surface area (Å²) in [4.78, 5) is 21.3. The van der Waals surface area contributed by atoms with Crippen LogP contribution in [0.25, 0.3) is 0 Å². The molecule has 0 bridgehead atoms. The summed E-state index contributed by atoms with van der Waals surface area (Å²) in [5, 5.41) is 10.2. The standard InChI is InChI=1S/C11H8F3NO3/c12-11(13,14)7-3-1-2-4-8(7)15-9(16)5-6-10(17)18/h1-6H,(H,15,16)(H,17,18)/b6-5-. The number of hydrogen-bond acceptors (Lipinski definition) is 2. The maximum Gasteiger partial charge on any atom is 0.418 e. The Hall–Kier alpha value is -2.31. The summed E-state index contributed by atoms with van der Waals surface area (Å²) >= 11 is 0. The third-order valence-electron chi connectivity index (χ3n) is 1.87. The van der Waals surface area contributed by atoms with Gasteiger partial charge in [0.25, 0.3) is 0 Å². The molecule has 0 spiro atoms. The van der Waals surface area contributed by atoms with E-state index >= 15 is 0 Å². The molecule has 4 nitrogen and oxygen atoms in total. The molecule has 0 aliphatic rings. The number of carboxylic acid groups (broad SMARTS) is 1. The van der Waals surface area contributed by atoms with Crippen molar-refractivity contribution in [3.05, 3.63) is 42.0 Å². The highest BCUT2D eigenvalue weighted by molar-refractivity contribution is 6.02. The van der Waals surface area contributed by atoms with Gasteiger partial charge in [0.2, 0.25) is 5.91 Å². The predicted molar refractivity (Wildman–Crippen MR) is 56.8 cm³/mol. The lowest BCUT2D eigenvalue weighted by molar-refractivity contribution is -0.137. The Morgan fingerprint density at radius 1 is 1.17 bits per heavy atom. The Labute approximate surface area is 99.7 Å².